The molecule has 1 aliphatic rings. The minimum Gasteiger partial charge on any atom is -0.491 e. The maximum atomic E-state index is 12.3. The molecule has 3 rings (SSSR count). The molecule has 0 saturated heterocycles. The molecule has 1 heterocycles. The molecule has 8 nitrogen and oxygen atoms in total. The third-order valence-electron chi connectivity index (χ3n) is 4.47. The van der Waals surface area contributed by atoms with E-state index in [1.807, 2.05) is 19.9 Å². The van der Waals surface area contributed by atoms with Gasteiger partial charge in [-0.15, -0.1) is 0 Å². The largest absolute Gasteiger partial charge is 0.491 e. The lowest BCUT2D eigenvalue weighted by Crippen LogP contribution is -2.31. The minimum absolute atomic E-state index is 0.0356. The molecule has 9 heteroatoms. The van der Waals surface area contributed by atoms with E-state index in [1.165, 1.54) is 4.31 Å². The molecule has 2 aromatic carbocycles. The standard InChI is InChI=1S/C22H28N2O6S/c1-16(2)30-19-7-4-6-17(14-19)23-22(25)8-5-11-24(31(3,26)27)18-9-10-20-21(15-18)29-13-12-28-20/h4,6-7,9-10,14-16H,5,8,11-13H2,1-3H3,(H,23,25). The van der Waals surface area contributed by atoms with Crippen LogP contribution in [0.4, 0.5) is 11.4 Å². The molecular weight excluding hydrogens is 420 g/mol. The second-order valence-electron chi connectivity index (χ2n) is 7.51. The fourth-order valence-electron chi connectivity index (χ4n) is 3.20. The number of amides is 1. The van der Waals surface area contributed by atoms with Gasteiger partial charge in [0, 0.05) is 30.8 Å². The zero-order chi connectivity index (χ0) is 22.4. The first kappa shape index (κ1) is 22.7. The summed E-state index contributed by atoms with van der Waals surface area (Å²) >= 11 is 0. The fourth-order valence-corrected chi connectivity index (χ4v) is 4.16. The van der Waals surface area contributed by atoms with Crippen LogP contribution >= 0.6 is 0 Å². The van der Waals surface area contributed by atoms with E-state index in [9.17, 15) is 13.2 Å². The van der Waals surface area contributed by atoms with Gasteiger partial charge in [0.25, 0.3) is 0 Å². The van der Waals surface area contributed by atoms with Crippen molar-refractivity contribution in [2.24, 2.45) is 0 Å². The van der Waals surface area contributed by atoms with Gasteiger partial charge >= 0.3 is 0 Å². The van der Waals surface area contributed by atoms with Crippen LogP contribution in [0.15, 0.2) is 42.5 Å². The van der Waals surface area contributed by atoms with Gasteiger partial charge in [-0.3, -0.25) is 9.10 Å². The lowest BCUT2D eigenvalue weighted by molar-refractivity contribution is -0.116. The highest BCUT2D eigenvalue weighted by atomic mass is 32.2. The summed E-state index contributed by atoms with van der Waals surface area (Å²) in [6, 6.07) is 12.2. The Balaban J connectivity index is 1.60. The fraction of sp³-hybridized carbons (Fsp3) is 0.409. The molecule has 2 aromatic rings. The quantitative estimate of drug-likeness (QED) is 0.632. The molecule has 31 heavy (non-hydrogen) atoms. The molecule has 0 spiro atoms. The Bertz CT molecular complexity index is 1020. The second-order valence-corrected chi connectivity index (χ2v) is 9.42. The number of nitrogens with one attached hydrogen (secondary N) is 1. The van der Waals surface area contributed by atoms with Crippen molar-refractivity contribution < 1.29 is 27.4 Å². The van der Waals surface area contributed by atoms with Crippen molar-refractivity contribution in [3.05, 3.63) is 42.5 Å². The van der Waals surface area contributed by atoms with E-state index in [1.54, 1.807) is 36.4 Å². The number of carbonyl (C=O) groups excluding carboxylic acids is 1. The molecular formula is C22H28N2O6S. The minimum atomic E-state index is -3.53. The van der Waals surface area contributed by atoms with E-state index >= 15 is 0 Å². The normalized spacial score (nSPS) is 13.0. The number of benzene rings is 2. The molecule has 0 aliphatic carbocycles. The van der Waals surface area contributed by atoms with Gasteiger partial charge < -0.3 is 19.5 Å². The third-order valence-corrected chi connectivity index (χ3v) is 5.66. The maximum absolute atomic E-state index is 12.3. The lowest BCUT2D eigenvalue weighted by atomic mass is 10.2. The maximum Gasteiger partial charge on any atom is 0.232 e. The van der Waals surface area contributed by atoms with E-state index in [4.69, 9.17) is 14.2 Å². The molecule has 1 N–H and O–H groups in total. The zero-order valence-electron chi connectivity index (χ0n) is 18.0. The molecule has 1 aliphatic heterocycles. The van der Waals surface area contributed by atoms with Crippen LogP contribution in [0.2, 0.25) is 0 Å². The van der Waals surface area contributed by atoms with Crippen molar-refractivity contribution >= 4 is 27.3 Å². The van der Waals surface area contributed by atoms with E-state index in [2.05, 4.69) is 5.32 Å². The number of hydrogen-bond donors (Lipinski definition) is 1. The van der Waals surface area contributed by atoms with Gasteiger partial charge in [-0.1, -0.05) is 6.07 Å². The Hall–Kier alpha value is -2.94. The molecule has 0 saturated carbocycles. The van der Waals surface area contributed by atoms with Crippen LogP contribution in [0.25, 0.3) is 0 Å². The summed E-state index contributed by atoms with van der Waals surface area (Å²) in [5, 5.41) is 2.83. The third kappa shape index (κ3) is 6.52. The van der Waals surface area contributed by atoms with Crippen molar-refractivity contribution in [2.75, 3.05) is 35.6 Å². The Morgan fingerprint density at radius 1 is 1.13 bits per heavy atom. The summed E-state index contributed by atoms with van der Waals surface area (Å²) in [7, 11) is -3.53. The Morgan fingerprint density at radius 2 is 1.87 bits per heavy atom. The SMILES string of the molecule is CC(C)Oc1cccc(NC(=O)CCCN(c2ccc3c(c2)OCCO3)S(C)(=O)=O)c1. The summed E-state index contributed by atoms with van der Waals surface area (Å²) < 4.78 is 42.6. The van der Waals surface area contributed by atoms with Gasteiger partial charge in [-0.25, -0.2) is 8.42 Å². The van der Waals surface area contributed by atoms with E-state index < -0.39 is 10.0 Å². The number of carbonyl (C=O) groups is 1. The van der Waals surface area contributed by atoms with E-state index in [-0.39, 0.29) is 25.0 Å². The highest BCUT2D eigenvalue weighted by Gasteiger charge is 2.21. The molecule has 0 radical (unpaired) electrons. The molecule has 0 bridgehead atoms. The van der Waals surface area contributed by atoms with Crippen LogP contribution in [-0.2, 0) is 14.8 Å². The molecule has 0 atom stereocenters. The first-order chi connectivity index (χ1) is 14.7. The van der Waals surface area contributed by atoms with Gasteiger partial charge in [0.2, 0.25) is 15.9 Å². The van der Waals surface area contributed by atoms with E-state index in [0.29, 0.717) is 48.3 Å². The van der Waals surface area contributed by atoms with Gasteiger partial charge in [-0.05, 0) is 44.5 Å². The first-order valence-corrected chi connectivity index (χ1v) is 12.0. The van der Waals surface area contributed by atoms with Crippen LogP contribution in [0.5, 0.6) is 17.2 Å². The number of sulfonamides is 1. The van der Waals surface area contributed by atoms with Gasteiger partial charge in [0.1, 0.15) is 19.0 Å². The average molecular weight is 449 g/mol. The number of nitrogens with zero attached hydrogens (tertiary/aromatic N) is 1. The molecule has 0 fully saturated rings. The summed E-state index contributed by atoms with van der Waals surface area (Å²) in [5.74, 6) is 1.58. The van der Waals surface area contributed by atoms with Gasteiger partial charge in [0.15, 0.2) is 11.5 Å². The number of rotatable bonds is 9. The van der Waals surface area contributed by atoms with Crippen molar-refractivity contribution in [1.29, 1.82) is 0 Å². The smallest absolute Gasteiger partial charge is 0.232 e. The number of anilines is 2. The summed E-state index contributed by atoms with van der Waals surface area (Å²) in [4.78, 5) is 12.3. The zero-order valence-corrected chi connectivity index (χ0v) is 18.8. The number of hydrogen-bond acceptors (Lipinski definition) is 6. The van der Waals surface area contributed by atoms with Crippen LogP contribution < -0.4 is 23.8 Å². The van der Waals surface area contributed by atoms with Crippen molar-refractivity contribution in [3.63, 3.8) is 0 Å². The highest BCUT2D eigenvalue weighted by Crippen LogP contribution is 2.34. The summed E-state index contributed by atoms with van der Waals surface area (Å²) in [5.41, 5.74) is 1.11. The Morgan fingerprint density at radius 3 is 2.58 bits per heavy atom. The molecule has 1 amide bonds. The predicted octanol–water partition coefficient (Wildman–Crippen LogP) is 3.43. The van der Waals surface area contributed by atoms with Crippen LogP contribution in [0, 0.1) is 0 Å². The van der Waals surface area contributed by atoms with Crippen molar-refractivity contribution in [3.8, 4) is 17.2 Å². The van der Waals surface area contributed by atoms with Crippen molar-refractivity contribution in [2.45, 2.75) is 32.8 Å². The molecule has 0 aromatic heterocycles. The van der Waals surface area contributed by atoms with Crippen LogP contribution in [0.3, 0.4) is 0 Å². The van der Waals surface area contributed by atoms with Gasteiger partial charge in [-0.2, -0.15) is 0 Å². The first-order valence-electron chi connectivity index (χ1n) is 10.2. The highest BCUT2D eigenvalue weighted by molar-refractivity contribution is 7.92. The summed E-state index contributed by atoms with van der Waals surface area (Å²) in [6.45, 7) is 4.91. The Kier molecular flexibility index (Phi) is 7.27. The average Bonchev–Trinajstić information content (AvgIpc) is 2.70. The monoisotopic (exact) mass is 448 g/mol. The topological polar surface area (TPSA) is 94.2 Å². The van der Waals surface area contributed by atoms with Crippen LogP contribution in [-0.4, -0.2) is 46.4 Å². The van der Waals surface area contributed by atoms with Crippen molar-refractivity contribution in [1.82, 2.24) is 0 Å². The molecule has 168 valence electrons. The van der Waals surface area contributed by atoms with Gasteiger partial charge in [0.05, 0.1) is 18.0 Å². The second kappa shape index (κ2) is 9.91. The number of fused-ring (bicyclic) bond motifs is 1. The Labute approximate surface area is 183 Å². The van der Waals surface area contributed by atoms with Crippen LogP contribution in [0.1, 0.15) is 26.7 Å². The summed E-state index contributed by atoms with van der Waals surface area (Å²) in [6.07, 6.45) is 1.71. The number of ether oxygens (including phenoxy) is 3. The van der Waals surface area contributed by atoms with E-state index in [0.717, 1.165) is 6.26 Å². The predicted molar refractivity (Wildman–Crippen MR) is 120 cm³/mol. The molecule has 0 unspecified atom stereocenters. The lowest BCUT2D eigenvalue weighted by Gasteiger charge is -2.25.